The van der Waals surface area contributed by atoms with Crippen LogP contribution < -0.4 is 16.3 Å². The van der Waals surface area contributed by atoms with Crippen LogP contribution in [0.15, 0.2) is 16.9 Å². The second kappa shape index (κ2) is 6.92. The molecule has 2 amide bonds. The first-order valence-corrected chi connectivity index (χ1v) is 9.39. The van der Waals surface area contributed by atoms with E-state index in [4.69, 9.17) is 0 Å². The van der Waals surface area contributed by atoms with Gasteiger partial charge in [0.1, 0.15) is 11.9 Å². The fraction of sp³-hybridized carbons (Fsp3) is 0.526. The lowest BCUT2D eigenvalue weighted by molar-refractivity contribution is -0.135. The Morgan fingerprint density at radius 3 is 2.56 bits per heavy atom. The molecule has 3 heterocycles. The van der Waals surface area contributed by atoms with Gasteiger partial charge in [0.05, 0.1) is 11.0 Å². The van der Waals surface area contributed by atoms with E-state index in [1.807, 2.05) is 0 Å². The molecule has 2 aliphatic heterocycles. The van der Waals surface area contributed by atoms with E-state index in [0.29, 0.717) is 28.9 Å². The van der Waals surface area contributed by atoms with Crippen molar-refractivity contribution in [1.82, 2.24) is 19.8 Å². The zero-order chi connectivity index (χ0) is 19.1. The average Bonchev–Trinajstić information content (AvgIpc) is 2.87. The Morgan fingerprint density at radius 2 is 1.85 bits per heavy atom. The molecule has 2 saturated heterocycles. The van der Waals surface area contributed by atoms with Gasteiger partial charge >= 0.3 is 5.69 Å². The number of rotatable bonds is 3. The third kappa shape index (κ3) is 3.18. The van der Waals surface area contributed by atoms with Gasteiger partial charge in [0.15, 0.2) is 0 Å². The Kier molecular flexibility index (Phi) is 4.59. The van der Waals surface area contributed by atoms with Crippen LogP contribution in [0.2, 0.25) is 0 Å². The summed E-state index contributed by atoms with van der Waals surface area (Å²) >= 11 is 0. The summed E-state index contributed by atoms with van der Waals surface area (Å²) in [4.78, 5) is 36.4. The van der Waals surface area contributed by atoms with Crippen LogP contribution in [0.3, 0.4) is 0 Å². The first-order chi connectivity index (χ1) is 13.0. The molecule has 8 heteroatoms. The smallest absolute Gasteiger partial charge is 0.317 e. The van der Waals surface area contributed by atoms with Crippen LogP contribution in [0, 0.1) is 11.7 Å². The van der Waals surface area contributed by atoms with Crippen molar-refractivity contribution in [1.29, 1.82) is 0 Å². The van der Waals surface area contributed by atoms with Crippen molar-refractivity contribution in [2.75, 3.05) is 13.1 Å². The highest BCUT2D eigenvalue weighted by Gasteiger charge is 2.31. The first kappa shape index (κ1) is 17.9. The van der Waals surface area contributed by atoms with E-state index in [1.165, 1.54) is 15.2 Å². The zero-order valence-corrected chi connectivity index (χ0v) is 15.3. The number of hydrogen-bond acceptors (Lipinski definition) is 4. The lowest BCUT2D eigenvalue weighted by Crippen LogP contribution is -2.44. The average molecular weight is 374 g/mol. The number of aryl methyl sites for hydroxylation is 1. The predicted molar refractivity (Wildman–Crippen MR) is 97.9 cm³/mol. The van der Waals surface area contributed by atoms with Crippen LogP contribution in [-0.2, 0) is 23.1 Å². The van der Waals surface area contributed by atoms with Crippen molar-refractivity contribution in [3.63, 3.8) is 0 Å². The van der Waals surface area contributed by atoms with Crippen LogP contribution in [0.1, 0.15) is 37.3 Å². The van der Waals surface area contributed by atoms with Crippen molar-refractivity contribution in [2.45, 2.75) is 38.1 Å². The van der Waals surface area contributed by atoms with Gasteiger partial charge in [-0.3, -0.25) is 24.0 Å². The molecule has 2 aliphatic rings. The fourth-order valence-corrected chi connectivity index (χ4v) is 4.21. The standard InChI is InChI=1S/C19H23FN4O3/c1-23-15-9-12(8-11-4-6-21-7-5-11)13(20)10-16(15)24(19(23)27)14-2-3-17(25)22-18(14)26/h9-11,14,21H,2-8H2,1H3,(H,22,25,26). The van der Waals surface area contributed by atoms with Crippen molar-refractivity contribution in [3.8, 4) is 0 Å². The molecule has 2 aromatic rings. The SMILES string of the molecule is Cn1c(=O)n(C2CCC(=O)NC2=O)c2cc(F)c(CC3CCNCC3)cc21. The Hall–Kier alpha value is -2.48. The van der Waals surface area contributed by atoms with Crippen LogP contribution in [0.4, 0.5) is 4.39 Å². The van der Waals surface area contributed by atoms with Gasteiger partial charge in [0, 0.05) is 19.5 Å². The number of halogens is 1. The largest absolute Gasteiger partial charge is 0.329 e. The quantitative estimate of drug-likeness (QED) is 0.785. The second-order valence-electron chi connectivity index (χ2n) is 7.51. The van der Waals surface area contributed by atoms with Crippen molar-refractivity contribution < 1.29 is 14.0 Å². The zero-order valence-electron chi connectivity index (χ0n) is 15.3. The number of amides is 2. The number of nitrogens with one attached hydrogen (secondary N) is 2. The number of benzene rings is 1. The van der Waals surface area contributed by atoms with E-state index in [-0.39, 0.29) is 30.3 Å². The Morgan fingerprint density at radius 1 is 1.11 bits per heavy atom. The van der Waals surface area contributed by atoms with Crippen molar-refractivity contribution in [2.24, 2.45) is 13.0 Å². The number of piperidine rings is 2. The molecule has 0 saturated carbocycles. The third-order valence-corrected chi connectivity index (χ3v) is 5.75. The maximum atomic E-state index is 14.8. The fourth-order valence-electron chi connectivity index (χ4n) is 4.21. The maximum Gasteiger partial charge on any atom is 0.329 e. The summed E-state index contributed by atoms with van der Waals surface area (Å²) in [7, 11) is 1.62. The van der Waals surface area contributed by atoms with E-state index in [2.05, 4.69) is 10.6 Å². The molecular formula is C19H23FN4O3. The summed E-state index contributed by atoms with van der Waals surface area (Å²) in [5.41, 5.74) is 1.22. The van der Waals surface area contributed by atoms with Gasteiger partial charge in [0.25, 0.3) is 0 Å². The molecule has 0 bridgehead atoms. The molecule has 1 aromatic carbocycles. The summed E-state index contributed by atoms with van der Waals surface area (Å²) in [6, 6.07) is 2.29. The van der Waals surface area contributed by atoms with Gasteiger partial charge in [-0.2, -0.15) is 0 Å². The van der Waals surface area contributed by atoms with E-state index >= 15 is 0 Å². The highest BCUT2D eigenvalue weighted by atomic mass is 19.1. The van der Waals surface area contributed by atoms with E-state index in [1.54, 1.807) is 13.1 Å². The minimum atomic E-state index is -0.798. The highest BCUT2D eigenvalue weighted by molar-refractivity contribution is 6.00. The summed E-state index contributed by atoms with van der Waals surface area (Å²) in [5.74, 6) is -0.792. The van der Waals surface area contributed by atoms with E-state index in [0.717, 1.165) is 25.9 Å². The molecule has 1 atom stereocenters. The molecule has 27 heavy (non-hydrogen) atoms. The number of fused-ring (bicyclic) bond motifs is 1. The molecule has 2 fully saturated rings. The summed E-state index contributed by atoms with van der Waals surface area (Å²) in [6.45, 7) is 1.89. The van der Waals surface area contributed by atoms with Gasteiger partial charge in [-0.1, -0.05) is 0 Å². The number of carbonyl (C=O) groups is 2. The van der Waals surface area contributed by atoms with E-state index in [9.17, 15) is 18.8 Å². The van der Waals surface area contributed by atoms with Gasteiger partial charge in [-0.05, 0) is 56.3 Å². The molecule has 7 nitrogen and oxygen atoms in total. The monoisotopic (exact) mass is 374 g/mol. The van der Waals surface area contributed by atoms with Gasteiger partial charge in [-0.15, -0.1) is 0 Å². The number of imidazole rings is 1. The highest BCUT2D eigenvalue weighted by Crippen LogP contribution is 2.27. The molecule has 0 aliphatic carbocycles. The number of hydrogen-bond donors (Lipinski definition) is 2. The molecule has 4 rings (SSSR count). The predicted octanol–water partition coefficient (Wildman–Crippen LogP) is 0.999. The Labute approximate surface area is 155 Å². The van der Waals surface area contributed by atoms with Crippen LogP contribution in [0.25, 0.3) is 11.0 Å². The van der Waals surface area contributed by atoms with Gasteiger partial charge < -0.3 is 5.32 Å². The molecule has 2 N–H and O–H groups in total. The molecule has 1 unspecified atom stereocenters. The van der Waals surface area contributed by atoms with Crippen LogP contribution in [-0.4, -0.2) is 34.0 Å². The third-order valence-electron chi connectivity index (χ3n) is 5.75. The minimum Gasteiger partial charge on any atom is -0.317 e. The minimum absolute atomic E-state index is 0.162. The molecule has 1 aromatic heterocycles. The Balaban J connectivity index is 1.75. The molecule has 144 valence electrons. The van der Waals surface area contributed by atoms with Crippen molar-refractivity contribution >= 4 is 22.8 Å². The normalized spacial score (nSPS) is 21.6. The number of nitrogens with zero attached hydrogens (tertiary/aromatic N) is 2. The summed E-state index contributed by atoms with van der Waals surface area (Å²) < 4.78 is 17.6. The lowest BCUT2D eigenvalue weighted by atomic mass is 9.90. The van der Waals surface area contributed by atoms with Crippen LogP contribution >= 0.6 is 0 Å². The molecular weight excluding hydrogens is 351 g/mol. The lowest BCUT2D eigenvalue weighted by Gasteiger charge is -2.23. The summed E-state index contributed by atoms with van der Waals surface area (Å²) in [5, 5.41) is 5.57. The van der Waals surface area contributed by atoms with E-state index < -0.39 is 11.9 Å². The van der Waals surface area contributed by atoms with Crippen LogP contribution in [0.5, 0.6) is 0 Å². The maximum absolute atomic E-state index is 14.8. The summed E-state index contributed by atoms with van der Waals surface area (Å²) in [6.07, 6.45) is 3.06. The molecule has 0 spiro atoms. The molecule has 0 radical (unpaired) electrons. The van der Waals surface area contributed by atoms with Gasteiger partial charge in [0.2, 0.25) is 11.8 Å². The second-order valence-corrected chi connectivity index (χ2v) is 7.51. The number of carbonyl (C=O) groups excluding carboxylic acids is 2. The number of imide groups is 1. The number of aromatic nitrogens is 2. The Bertz CT molecular complexity index is 971. The topological polar surface area (TPSA) is 85.1 Å². The van der Waals surface area contributed by atoms with Crippen molar-refractivity contribution in [3.05, 3.63) is 34.0 Å². The van der Waals surface area contributed by atoms with Gasteiger partial charge in [-0.25, -0.2) is 9.18 Å². The first-order valence-electron chi connectivity index (χ1n) is 9.39.